The van der Waals surface area contributed by atoms with Crippen LogP contribution in [-0.4, -0.2) is 24.0 Å². The Morgan fingerprint density at radius 2 is 2.00 bits per heavy atom. The van der Waals surface area contributed by atoms with Crippen LogP contribution in [0.15, 0.2) is 29.6 Å². The molecule has 1 aromatic carbocycles. The Kier molecular flexibility index (Phi) is 7.06. The number of rotatable bonds is 9. The summed E-state index contributed by atoms with van der Waals surface area (Å²) in [5.74, 6) is 0.106. The minimum absolute atomic E-state index is 0.106. The van der Waals surface area contributed by atoms with Gasteiger partial charge in [0.2, 0.25) is 5.91 Å². The molecule has 0 atom stereocenters. The molecule has 0 unspecified atom stereocenters. The highest BCUT2D eigenvalue weighted by Crippen LogP contribution is 2.30. The number of nitrogens with zero attached hydrogens (tertiary/aromatic N) is 2. The van der Waals surface area contributed by atoms with E-state index in [9.17, 15) is 4.79 Å². The van der Waals surface area contributed by atoms with E-state index >= 15 is 0 Å². The SMILES string of the molecule is CCCCCCCC(=O)Nc1cccc(-c2csc(N3CCCC3)n2)c1. The average Bonchev–Trinajstić information content (AvgIpc) is 3.33. The van der Waals surface area contributed by atoms with Crippen molar-refractivity contribution in [3.8, 4) is 11.3 Å². The first-order chi connectivity index (χ1) is 12.8. The van der Waals surface area contributed by atoms with Crippen molar-refractivity contribution in [1.29, 1.82) is 0 Å². The number of carbonyl (C=O) groups is 1. The highest BCUT2D eigenvalue weighted by Gasteiger charge is 2.16. The quantitative estimate of drug-likeness (QED) is 0.574. The van der Waals surface area contributed by atoms with Crippen molar-refractivity contribution in [2.24, 2.45) is 0 Å². The lowest BCUT2D eigenvalue weighted by Gasteiger charge is -2.12. The van der Waals surface area contributed by atoms with Crippen molar-refractivity contribution in [3.63, 3.8) is 0 Å². The summed E-state index contributed by atoms with van der Waals surface area (Å²) in [7, 11) is 0. The Morgan fingerprint density at radius 3 is 2.81 bits per heavy atom. The molecule has 1 amide bonds. The van der Waals surface area contributed by atoms with E-state index < -0.39 is 0 Å². The predicted molar refractivity (Wildman–Crippen MR) is 111 cm³/mol. The Hall–Kier alpha value is -1.88. The second kappa shape index (κ2) is 9.72. The molecule has 0 saturated carbocycles. The van der Waals surface area contributed by atoms with Crippen LogP contribution in [0.1, 0.15) is 58.3 Å². The van der Waals surface area contributed by atoms with Crippen LogP contribution in [0.2, 0.25) is 0 Å². The number of nitrogens with one attached hydrogen (secondary N) is 1. The number of unbranched alkanes of at least 4 members (excludes halogenated alkanes) is 4. The summed E-state index contributed by atoms with van der Waals surface area (Å²) >= 11 is 1.71. The molecule has 1 aromatic heterocycles. The van der Waals surface area contributed by atoms with Gasteiger partial charge in [0.1, 0.15) is 0 Å². The minimum Gasteiger partial charge on any atom is -0.348 e. The molecule has 140 valence electrons. The van der Waals surface area contributed by atoms with Gasteiger partial charge in [-0.2, -0.15) is 0 Å². The van der Waals surface area contributed by atoms with E-state index in [-0.39, 0.29) is 5.91 Å². The first-order valence-corrected chi connectivity index (χ1v) is 10.7. The van der Waals surface area contributed by atoms with E-state index in [0.717, 1.165) is 48.0 Å². The molecule has 26 heavy (non-hydrogen) atoms. The number of amides is 1. The third kappa shape index (κ3) is 5.31. The number of carbonyl (C=O) groups excluding carboxylic acids is 1. The number of hydrogen-bond donors (Lipinski definition) is 1. The maximum atomic E-state index is 12.1. The largest absolute Gasteiger partial charge is 0.348 e. The molecule has 2 aromatic rings. The van der Waals surface area contributed by atoms with Gasteiger partial charge in [0.25, 0.3) is 0 Å². The van der Waals surface area contributed by atoms with Crippen LogP contribution in [-0.2, 0) is 4.79 Å². The van der Waals surface area contributed by atoms with Crippen LogP contribution in [0.25, 0.3) is 11.3 Å². The molecule has 5 heteroatoms. The highest BCUT2D eigenvalue weighted by molar-refractivity contribution is 7.14. The smallest absolute Gasteiger partial charge is 0.224 e. The van der Waals surface area contributed by atoms with Crippen LogP contribution in [0, 0.1) is 0 Å². The lowest BCUT2D eigenvalue weighted by Crippen LogP contribution is -2.17. The molecule has 3 rings (SSSR count). The topological polar surface area (TPSA) is 45.2 Å². The number of aromatic nitrogens is 1. The van der Waals surface area contributed by atoms with E-state index in [0.29, 0.717) is 6.42 Å². The molecule has 0 bridgehead atoms. The molecule has 0 aliphatic carbocycles. The van der Waals surface area contributed by atoms with Crippen LogP contribution in [0.5, 0.6) is 0 Å². The average molecular weight is 372 g/mol. The molecule has 1 fully saturated rings. The van der Waals surface area contributed by atoms with Crippen molar-refractivity contribution >= 4 is 28.1 Å². The summed E-state index contributed by atoms with van der Waals surface area (Å²) in [5, 5.41) is 6.25. The molecule has 0 radical (unpaired) electrons. The van der Waals surface area contributed by atoms with E-state index in [2.05, 4.69) is 28.6 Å². The fourth-order valence-electron chi connectivity index (χ4n) is 3.32. The van der Waals surface area contributed by atoms with Crippen molar-refractivity contribution in [1.82, 2.24) is 4.98 Å². The van der Waals surface area contributed by atoms with Gasteiger partial charge in [-0.3, -0.25) is 4.79 Å². The van der Waals surface area contributed by atoms with Crippen LogP contribution in [0.3, 0.4) is 0 Å². The fourth-order valence-corrected chi connectivity index (χ4v) is 4.21. The molecule has 1 saturated heterocycles. The molecule has 4 nitrogen and oxygen atoms in total. The maximum absolute atomic E-state index is 12.1. The molecular formula is C21H29N3OS. The Bertz CT molecular complexity index is 707. The third-order valence-corrected chi connectivity index (χ3v) is 5.72. The van der Waals surface area contributed by atoms with Gasteiger partial charge in [-0.25, -0.2) is 4.98 Å². The summed E-state index contributed by atoms with van der Waals surface area (Å²) < 4.78 is 0. The van der Waals surface area contributed by atoms with Gasteiger partial charge >= 0.3 is 0 Å². The summed E-state index contributed by atoms with van der Waals surface area (Å²) in [5.41, 5.74) is 2.91. The molecule has 2 heterocycles. The first-order valence-electron chi connectivity index (χ1n) is 9.87. The fraction of sp³-hybridized carbons (Fsp3) is 0.524. The zero-order chi connectivity index (χ0) is 18.2. The van der Waals surface area contributed by atoms with Gasteiger partial charge in [-0.1, -0.05) is 44.7 Å². The molecule has 0 spiro atoms. The van der Waals surface area contributed by atoms with Gasteiger partial charge in [-0.05, 0) is 31.4 Å². The predicted octanol–water partition coefficient (Wildman–Crippen LogP) is 5.71. The second-order valence-corrected chi connectivity index (χ2v) is 7.84. The Morgan fingerprint density at radius 1 is 1.19 bits per heavy atom. The summed E-state index contributed by atoms with van der Waals surface area (Å²) in [6.45, 7) is 4.43. The first kappa shape index (κ1) is 18.9. The Balaban J connectivity index is 1.55. The van der Waals surface area contributed by atoms with Crippen LogP contribution < -0.4 is 10.2 Å². The van der Waals surface area contributed by atoms with Gasteiger partial charge < -0.3 is 10.2 Å². The number of anilines is 2. The van der Waals surface area contributed by atoms with E-state index in [1.54, 1.807) is 11.3 Å². The lowest BCUT2D eigenvalue weighted by atomic mass is 10.1. The van der Waals surface area contributed by atoms with Crippen LogP contribution >= 0.6 is 11.3 Å². The van der Waals surface area contributed by atoms with Gasteiger partial charge in [0.15, 0.2) is 5.13 Å². The number of thiazole rings is 1. The van der Waals surface area contributed by atoms with E-state index in [1.165, 1.54) is 32.1 Å². The normalized spacial score (nSPS) is 14.0. The summed E-state index contributed by atoms with van der Waals surface area (Å²) in [6.07, 6.45) is 8.94. The van der Waals surface area contributed by atoms with Gasteiger partial charge in [-0.15, -0.1) is 11.3 Å². The second-order valence-electron chi connectivity index (χ2n) is 7.00. The Labute approximate surface area is 160 Å². The van der Waals surface area contributed by atoms with Crippen molar-refractivity contribution in [2.45, 2.75) is 58.3 Å². The third-order valence-electron chi connectivity index (χ3n) is 4.82. The summed E-state index contributed by atoms with van der Waals surface area (Å²) in [4.78, 5) is 19.3. The number of hydrogen-bond acceptors (Lipinski definition) is 4. The van der Waals surface area contributed by atoms with Crippen molar-refractivity contribution in [2.75, 3.05) is 23.3 Å². The minimum atomic E-state index is 0.106. The highest BCUT2D eigenvalue weighted by atomic mass is 32.1. The lowest BCUT2D eigenvalue weighted by molar-refractivity contribution is -0.116. The van der Waals surface area contributed by atoms with Crippen LogP contribution in [0.4, 0.5) is 10.8 Å². The standard InChI is InChI=1S/C21H29N3OS/c1-2-3-4-5-6-12-20(25)22-18-11-9-10-17(15-18)19-16-26-21(23-19)24-13-7-8-14-24/h9-11,15-16H,2-8,12-14H2,1H3,(H,22,25). The van der Waals surface area contributed by atoms with E-state index in [1.807, 2.05) is 18.2 Å². The van der Waals surface area contributed by atoms with Gasteiger partial charge in [0, 0.05) is 36.1 Å². The summed E-state index contributed by atoms with van der Waals surface area (Å²) in [6, 6.07) is 8.02. The maximum Gasteiger partial charge on any atom is 0.224 e. The van der Waals surface area contributed by atoms with Crippen molar-refractivity contribution in [3.05, 3.63) is 29.6 Å². The molecule has 1 aliphatic rings. The van der Waals surface area contributed by atoms with Gasteiger partial charge in [0.05, 0.1) is 5.69 Å². The molecule has 1 N–H and O–H groups in total. The molecule has 1 aliphatic heterocycles. The zero-order valence-corrected chi connectivity index (χ0v) is 16.5. The van der Waals surface area contributed by atoms with E-state index in [4.69, 9.17) is 4.98 Å². The monoisotopic (exact) mass is 371 g/mol. The number of benzene rings is 1. The van der Waals surface area contributed by atoms with Crippen molar-refractivity contribution < 1.29 is 4.79 Å². The zero-order valence-electron chi connectivity index (χ0n) is 15.7. The molecular weight excluding hydrogens is 342 g/mol.